The molecule has 2 amide bonds. The molecule has 168 valence electrons. The van der Waals surface area contributed by atoms with Crippen molar-refractivity contribution in [1.82, 2.24) is 10.6 Å². The molecule has 0 atom stereocenters. The summed E-state index contributed by atoms with van der Waals surface area (Å²) in [6, 6.07) is 1.21. The summed E-state index contributed by atoms with van der Waals surface area (Å²) >= 11 is 0. The van der Waals surface area contributed by atoms with Crippen molar-refractivity contribution >= 4 is 12.0 Å². The quantitative estimate of drug-likeness (QED) is 0.616. The average Bonchev–Trinajstić information content (AvgIpc) is 2.67. The summed E-state index contributed by atoms with van der Waals surface area (Å²) in [5, 5.41) is 5.64. The molecule has 0 spiro atoms. The molecule has 0 aromatic carbocycles. The van der Waals surface area contributed by atoms with Crippen LogP contribution in [-0.4, -0.2) is 49.5 Å². The monoisotopic (exact) mass is 424 g/mol. The minimum atomic E-state index is -0.763. The number of nitrogens with one attached hydrogen (secondary N) is 2. The van der Waals surface area contributed by atoms with Gasteiger partial charge in [-0.2, -0.15) is 0 Å². The molecule has 30 heavy (non-hydrogen) atoms. The van der Waals surface area contributed by atoms with Gasteiger partial charge in [-0.1, -0.05) is 13.3 Å². The molecule has 1 aliphatic rings. The lowest BCUT2D eigenvalue weighted by Gasteiger charge is -2.38. The summed E-state index contributed by atoms with van der Waals surface area (Å²) in [5.74, 6) is -0.861. The lowest BCUT2D eigenvalue weighted by atomic mass is 9.89. The van der Waals surface area contributed by atoms with Crippen molar-refractivity contribution in [3.8, 4) is 5.75 Å². The van der Waals surface area contributed by atoms with E-state index in [9.17, 15) is 14.4 Å². The van der Waals surface area contributed by atoms with Gasteiger partial charge < -0.3 is 29.3 Å². The van der Waals surface area contributed by atoms with E-state index in [4.69, 9.17) is 18.6 Å². The molecule has 2 N–H and O–H groups in total. The topological polar surface area (TPSA) is 116 Å². The van der Waals surface area contributed by atoms with Crippen LogP contribution < -0.4 is 20.8 Å². The minimum Gasteiger partial charge on any atom is -0.486 e. The van der Waals surface area contributed by atoms with E-state index in [1.165, 1.54) is 12.3 Å². The van der Waals surface area contributed by atoms with Gasteiger partial charge in [0.05, 0.1) is 18.4 Å². The maximum Gasteiger partial charge on any atom is 0.407 e. The van der Waals surface area contributed by atoms with E-state index < -0.39 is 28.6 Å². The number of hydrogen-bond donors (Lipinski definition) is 2. The van der Waals surface area contributed by atoms with E-state index >= 15 is 0 Å². The summed E-state index contributed by atoms with van der Waals surface area (Å²) in [7, 11) is 0. The van der Waals surface area contributed by atoms with Gasteiger partial charge in [0.2, 0.25) is 16.9 Å². The van der Waals surface area contributed by atoms with Crippen molar-refractivity contribution in [2.75, 3.05) is 26.4 Å². The number of carbonyl (C=O) groups is 2. The van der Waals surface area contributed by atoms with Gasteiger partial charge in [0, 0.05) is 25.8 Å². The largest absolute Gasteiger partial charge is 0.486 e. The van der Waals surface area contributed by atoms with Crippen LogP contribution in [0.15, 0.2) is 21.5 Å². The lowest BCUT2D eigenvalue weighted by molar-refractivity contribution is 0.0275. The summed E-state index contributed by atoms with van der Waals surface area (Å²) < 4.78 is 21.5. The predicted octanol–water partition coefficient (Wildman–Crippen LogP) is 2.62. The number of rotatable bonds is 8. The van der Waals surface area contributed by atoms with E-state index in [0.717, 1.165) is 12.8 Å². The number of hydrogen-bond acceptors (Lipinski definition) is 7. The third-order valence-electron chi connectivity index (χ3n) is 4.58. The van der Waals surface area contributed by atoms with Crippen molar-refractivity contribution in [3.63, 3.8) is 0 Å². The van der Waals surface area contributed by atoms with E-state index in [0.29, 0.717) is 32.7 Å². The van der Waals surface area contributed by atoms with Crippen LogP contribution in [0.2, 0.25) is 0 Å². The molecule has 0 unspecified atom stereocenters. The van der Waals surface area contributed by atoms with Crippen LogP contribution >= 0.6 is 0 Å². The second-order valence-corrected chi connectivity index (χ2v) is 8.35. The second kappa shape index (κ2) is 10.5. The summed E-state index contributed by atoms with van der Waals surface area (Å²) in [5.41, 5.74) is -1.81. The molecule has 1 fully saturated rings. The van der Waals surface area contributed by atoms with E-state index in [1.54, 1.807) is 20.8 Å². The van der Waals surface area contributed by atoms with Crippen LogP contribution in [0.5, 0.6) is 5.75 Å². The Hall–Kier alpha value is -2.55. The summed E-state index contributed by atoms with van der Waals surface area (Å²) in [4.78, 5) is 37.3. The maximum absolute atomic E-state index is 13.0. The van der Waals surface area contributed by atoms with Crippen molar-refractivity contribution < 1.29 is 28.2 Å². The minimum absolute atomic E-state index is 0.106. The van der Waals surface area contributed by atoms with Crippen molar-refractivity contribution in [1.29, 1.82) is 0 Å². The summed E-state index contributed by atoms with van der Waals surface area (Å²) in [6.45, 7) is 8.63. The van der Waals surface area contributed by atoms with E-state index in [-0.39, 0.29) is 18.1 Å². The number of carbonyl (C=O) groups excluding carboxylic acids is 2. The molecular weight excluding hydrogens is 392 g/mol. The maximum atomic E-state index is 13.0. The SMILES string of the molecule is CCCCOc1c(C(=O)NC2(CNC(=O)OC(C)(C)C)CCOCC2)occc1=O. The zero-order valence-corrected chi connectivity index (χ0v) is 18.2. The normalized spacial score (nSPS) is 15.9. The molecule has 0 bridgehead atoms. The van der Waals surface area contributed by atoms with Gasteiger partial charge in [-0.25, -0.2) is 4.79 Å². The number of ether oxygens (including phenoxy) is 3. The molecule has 9 heteroatoms. The van der Waals surface area contributed by atoms with Gasteiger partial charge in [0.15, 0.2) is 0 Å². The highest BCUT2D eigenvalue weighted by atomic mass is 16.6. The molecule has 0 radical (unpaired) electrons. The Kier molecular flexibility index (Phi) is 8.28. The molecule has 1 aromatic heterocycles. The Labute approximate surface area is 176 Å². The van der Waals surface area contributed by atoms with Crippen molar-refractivity contribution in [3.05, 3.63) is 28.3 Å². The zero-order valence-electron chi connectivity index (χ0n) is 18.2. The Balaban J connectivity index is 2.15. The van der Waals surface area contributed by atoms with Gasteiger partial charge in [-0.05, 0) is 40.0 Å². The highest BCUT2D eigenvalue weighted by molar-refractivity contribution is 5.94. The Morgan fingerprint density at radius 1 is 1.23 bits per heavy atom. The first kappa shape index (κ1) is 23.7. The highest BCUT2D eigenvalue weighted by Crippen LogP contribution is 2.23. The van der Waals surface area contributed by atoms with Gasteiger partial charge in [0.25, 0.3) is 5.91 Å². The predicted molar refractivity (Wildman–Crippen MR) is 110 cm³/mol. The Morgan fingerprint density at radius 2 is 1.93 bits per heavy atom. The average molecular weight is 424 g/mol. The fourth-order valence-corrected chi connectivity index (χ4v) is 2.98. The first-order chi connectivity index (χ1) is 14.2. The van der Waals surface area contributed by atoms with E-state index in [2.05, 4.69) is 10.6 Å². The van der Waals surface area contributed by atoms with Crippen LogP contribution in [0, 0.1) is 0 Å². The van der Waals surface area contributed by atoms with Crippen LogP contribution in [-0.2, 0) is 9.47 Å². The smallest absolute Gasteiger partial charge is 0.407 e. The molecular formula is C21H32N2O7. The third-order valence-corrected chi connectivity index (χ3v) is 4.58. The highest BCUT2D eigenvalue weighted by Gasteiger charge is 2.37. The van der Waals surface area contributed by atoms with Crippen molar-refractivity contribution in [2.24, 2.45) is 0 Å². The van der Waals surface area contributed by atoms with Crippen molar-refractivity contribution in [2.45, 2.75) is 64.5 Å². The van der Waals surface area contributed by atoms with Crippen LogP contribution in [0.4, 0.5) is 4.79 Å². The Morgan fingerprint density at radius 3 is 2.57 bits per heavy atom. The molecule has 2 rings (SSSR count). The van der Waals surface area contributed by atoms with Gasteiger partial charge in [-0.3, -0.25) is 9.59 Å². The van der Waals surface area contributed by atoms with Crippen LogP contribution in [0.1, 0.15) is 63.9 Å². The first-order valence-corrected chi connectivity index (χ1v) is 10.3. The summed E-state index contributed by atoms with van der Waals surface area (Å²) in [6.07, 6.45) is 3.20. The Bertz CT molecular complexity index is 776. The molecule has 0 saturated carbocycles. The number of amides is 2. The van der Waals surface area contributed by atoms with E-state index in [1.807, 2.05) is 6.92 Å². The second-order valence-electron chi connectivity index (χ2n) is 8.35. The molecule has 1 aromatic rings. The van der Waals surface area contributed by atoms with Crippen LogP contribution in [0.3, 0.4) is 0 Å². The molecule has 1 aliphatic heterocycles. The number of unbranched alkanes of at least 4 members (excludes halogenated alkanes) is 1. The zero-order chi connectivity index (χ0) is 22.2. The van der Waals surface area contributed by atoms with Gasteiger partial charge in [-0.15, -0.1) is 0 Å². The van der Waals surface area contributed by atoms with Gasteiger partial charge >= 0.3 is 6.09 Å². The molecule has 0 aliphatic carbocycles. The number of alkyl carbamates (subject to hydrolysis) is 1. The first-order valence-electron chi connectivity index (χ1n) is 10.3. The van der Waals surface area contributed by atoms with Gasteiger partial charge in [0.1, 0.15) is 5.60 Å². The van der Waals surface area contributed by atoms with Crippen LogP contribution in [0.25, 0.3) is 0 Å². The lowest BCUT2D eigenvalue weighted by Crippen LogP contribution is -2.58. The third kappa shape index (κ3) is 7.05. The molecule has 2 heterocycles. The standard InChI is InChI=1S/C21H32N2O7/c1-5-6-10-28-16-15(24)7-11-29-17(16)18(25)23-21(8-12-27-13-9-21)14-22-19(26)30-20(2,3)4/h7,11H,5-6,8-10,12-14H2,1-4H3,(H,22,26)(H,23,25). The fraction of sp³-hybridized carbons (Fsp3) is 0.667. The molecule has 1 saturated heterocycles. The fourth-order valence-electron chi connectivity index (χ4n) is 2.98. The molecule has 9 nitrogen and oxygen atoms in total.